The third kappa shape index (κ3) is 2.35. The van der Waals surface area contributed by atoms with E-state index in [4.69, 9.17) is 0 Å². The fourth-order valence-electron chi connectivity index (χ4n) is 2.98. The van der Waals surface area contributed by atoms with Gasteiger partial charge in [-0.3, -0.25) is 9.59 Å². The van der Waals surface area contributed by atoms with Gasteiger partial charge in [-0.25, -0.2) is 0 Å². The second-order valence-corrected chi connectivity index (χ2v) is 5.28. The lowest BCUT2D eigenvalue weighted by atomic mass is 10.0. The molecule has 2 amide bonds. The van der Waals surface area contributed by atoms with E-state index in [2.05, 4.69) is 5.32 Å². The minimum atomic E-state index is -0.345. The molecule has 0 bridgehead atoms. The van der Waals surface area contributed by atoms with Gasteiger partial charge in [0, 0.05) is 6.54 Å². The number of fused-ring (bicyclic) bond motifs is 1. The van der Waals surface area contributed by atoms with E-state index in [9.17, 15) is 9.59 Å². The highest BCUT2D eigenvalue weighted by Crippen LogP contribution is 2.23. The summed E-state index contributed by atoms with van der Waals surface area (Å²) in [5.74, 6) is 0.119. The Bertz CT molecular complexity index is 486. The van der Waals surface area contributed by atoms with Crippen LogP contribution in [0.2, 0.25) is 0 Å². The molecule has 2 saturated heterocycles. The minimum absolute atomic E-state index is 0.0233. The molecule has 0 aliphatic carbocycles. The molecule has 0 unspecified atom stereocenters. The van der Waals surface area contributed by atoms with Crippen LogP contribution in [0.25, 0.3) is 0 Å². The van der Waals surface area contributed by atoms with Crippen molar-refractivity contribution >= 4 is 11.8 Å². The Balaban J connectivity index is 1.65. The number of rotatable bonds is 3. The predicted octanol–water partition coefficient (Wildman–Crippen LogP) is 1.11. The van der Waals surface area contributed by atoms with Crippen molar-refractivity contribution in [2.24, 2.45) is 0 Å². The van der Waals surface area contributed by atoms with Crippen LogP contribution in [-0.4, -0.2) is 35.3 Å². The molecule has 3 rings (SSSR count). The van der Waals surface area contributed by atoms with Crippen LogP contribution in [0.15, 0.2) is 30.3 Å². The third-order valence-electron chi connectivity index (χ3n) is 4.02. The second-order valence-electron chi connectivity index (χ2n) is 5.28. The molecule has 19 heavy (non-hydrogen) atoms. The summed E-state index contributed by atoms with van der Waals surface area (Å²) in [6, 6.07) is 9.51. The number of nitrogens with zero attached hydrogens (tertiary/aromatic N) is 1. The number of aryl methyl sites for hydroxylation is 1. The normalized spacial score (nSPS) is 26.2. The molecular weight excluding hydrogens is 240 g/mol. The van der Waals surface area contributed by atoms with Crippen molar-refractivity contribution in [1.82, 2.24) is 10.2 Å². The molecule has 0 saturated carbocycles. The molecule has 0 aromatic heterocycles. The van der Waals surface area contributed by atoms with E-state index in [1.165, 1.54) is 5.56 Å². The summed E-state index contributed by atoms with van der Waals surface area (Å²) in [5, 5.41) is 2.88. The Kier molecular flexibility index (Phi) is 3.23. The smallest absolute Gasteiger partial charge is 0.245 e. The number of hydrogen-bond donors (Lipinski definition) is 1. The summed E-state index contributed by atoms with van der Waals surface area (Å²) in [6.07, 6.45) is 3.24. The molecular formula is C15H18N2O2. The predicted molar refractivity (Wildman–Crippen MR) is 71.4 cm³/mol. The zero-order chi connectivity index (χ0) is 13.2. The monoisotopic (exact) mass is 258 g/mol. The highest BCUT2D eigenvalue weighted by atomic mass is 16.2. The molecule has 0 spiro atoms. The first-order valence-corrected chi connectivity index (χ1v) is 6.90. The van der Waals surface area contributed by atoms with Crippen molar-refractivity contribution in [3.8, 4) is 0 Å². The second kappa shape index (κ2) is 5.03. The highest BCUT2D eigenvalue weighted by Gasteiger charge is 2.42. The van der Waals surface area contributed by atoms with Crippen LogP contribution in [0, 0.1) is 0 Å². The van der Waals surface area contributed by atoms with Gasteiger partial charge in [0.2, 0.25) is 11.8 Å². The Morgan fingerprint density at radius 1 is 1.21 bits per heavy atom. The molecule has 4 heteroatoms. The van der Waals surface area contributed by atoms with Gasteiger partial charge >= 0.3 is 0 Å². The third-order valence-corrected chi connectivity index (χ3v) is 4.02. The molecule has 2 heterocycles. The standard InChI is InChI=1S/C15H18N2O2/c18-14-13-7-4-10-17(13)15(19)12(16-14)9-8-11-5-2-1-3-6-11/h1-3,5-6,12-13H,4,7-10H2,(H,16,18)/t12-,13+/m0/s1. The summed E-state index contributed by atoms with van der Waals surface area (Å²) in [6.45, 7) is 0.735. The fourth-order valence-corrected chi connectivity index (χ4v) is 2.98. The lowest BCUT2D eigenvalue weighted by Gasteiger charge is -2.34. The molecule has 100 valence electrons. The molecule has 2 aliphatic heterocycles. The molecule has 1 N–H and O–H groups in total. The zero-order valence-corrected chi connectivity index (χ0v) is 10.8. The fraction of sp³-hybridized carbons (Fsp3) is 0.467. The first kappa shape index (κ1) is 12.2. The van der Waals surface area contributed by atoms with Gasteiger partial charge in [0.1, 0.15) is 12.1 Å². The summed E-state index contributed by atoms with van der Waals surface area (Å²) < 4.78 is 0. The Hall–Kier alpha value is -1.84. The maximum absolute atomic E-state index is 12.3. The molecule has 2 fully saturated rings. The summed E-state index contributed by atoms with van der Waals surface area (Å²) in [5.41, 5.74) is 1.20. The first-order valence-electron chi connectivity index (χ1n) is 6.90. The van der Waals surface area contributed by atoms with Crippen LogP contribution in [0.3, 0.4) is 0 Å². The van der Waals surface area contributed by atoms with Gasteiger partial charge in [-0.2, -0.15) is 0 Å². The van der Waals surface area contributed by atoms with Crippen molar-refractivity contribution in [3.63, 3.8) is 0 Å². The van der Waals surface area contributed by atoms with Crippen LogP contribution in [-0.2, 0) is 16.0 Å². The zero-order valence-electron chi connectivity index (χ0n) is 10.8. The van der Waals surface area contributed by atoms with Crippen molar-refractivity contribution in [2.45, 2.75) is 37.8 Å². The molecule has 1 aromatic carbocycles. The minimum Gasteiger partial charge on any atom is -0.342 e. The van der Waals surface area contributed by atoms with Crippen LogP contribution in [0.1, 0.15) is 24.8 Å². The van der Waals surface area contributed by atoms with Crippen molar-refractivity contribution < 1.29 is 9.59 Å². The molecule has 4 nitrogen and oxygen atoms in total. The Morgan fingerprint density at radius 3 is 2.79 bits per heavy atom. The van der Waals surface area contributed by atoms with Crippen molar-refractivity contribution in [2.75, 3.05) is 6.54 Å². The van der Waals surface area contributed by atoms with Crippen LogP contribution in [0.5, 0.6) is 0 Å². The maximum atomic E-state index is 12.3. The number of hydrogen-bond acceptors (Lipinski definition) is 2. The van der Waals surface area contributed by atoms with Gasteiger partial charge in [0.25, 0.3) is 0 Å². The summed E-state index contributed by atoms with van der Waals surface area (Å²) in [7, 11) is 0. The number of carbonyl (C=O) groups excluding carboxylic acids is 2. The summed E-state index contributed by atoms with van der Waals surface area (Å²) in [4.78, 5) is 26.0. The van der Waals surface area contributed by atoms with Gasteiger partial charge in [-0.1, -0.05) is 30.3 Å². The van der Waals surface area contributed by atoms with Crippen molar-refractivity contribution in [1.29, 1.82) is 0 Å². The number of nitrogens with one attached hydrogen (secondary N) is 1. The van der Waals surface area contributed by atoms with Gasteiger partial charge in [0.05, 0.1) is 0 Å². The van der Waals surface area contributed by atoms with E-state index in [0.717, 1.165) is 25.8 Å². The average molecular weight is 258 g/mol. The van der Waals surface area contributed by atoms with E-state index in [-0.39, 0.29) is 23.9 Å². The van der Waals surface area contributed by atoms with E-state index < -0.39 is 0 Å². The van der Waals surface area contributed by atoms with Crippen LogP contribution < -0.4 is 5.32 Å². The molecule has 2 atom stereocenters. The molecule has 2 aliphatic rings. The Morgan fingerprint density at radius 2 is 2.00 bits per heavy atom. The quantitative estimate of drug-likeness (QED) is 0.883. The van der Waals surface area contributed by atoms with E-state index in [1.807, 2.05) is 30.3 Å². The lowest BCUT2D eigenvalue weighted by molar-refractivity contribution is -0.147. The maximum Gasteiger partial charge on any atom is 0.245 e. The first-order chi connectivity index (χ1) is 9.25. The molecule has 1 aromatic rings. The van der Waals surface area contributed by atoms with Crippen LogP contribution in [0.4, 0.5) is 0 Å². The highest BCUT2D eigenvalue weighted by molar-refractivity contribution is 5.97. The topological polar surface area (TPSA) is 49.4 Å². The van der Waals surface area contributed by atoms with Gasteiger partial charge in [-0.05, 0) is 31.2 Å². The largest absolute Gasteiger partial charge is 0.342 e. The van der Waals surface area contributed by atoms with Crippen molar-refractivity contribution in [3.05, 3.63) is 35.9 Å². The number of carbonyl (C=O) groups is 2. The van der Waals surface area contributed by atoms with Crippen LogP contribution >= 0.6 is 0 Å². The summed E-state index contributed by atoms with van der Waals surface area (Å²) >= 11 is 0. The number of piperazine rings is 1. The van der Waals surface area contributed by atoms with E-state index in [1.54, 1.807) is 4.90 Å². The van der Waals surface area contributed by atoms with E-state index >= 15 is 0 Å². The Labute approximate surface area is 112 Å². The van der Waals surface area contributed by atoms with Gasteiger partial charge in [-0.15, -0.1) is 0 Å². The number of amides is 2. The van der Waals surface area contributed by atoms with E-state index in [0.29, 0.717) is 6.42 Å². The SMILES string of the molecule is O=C1N[C@@H](CCc2ccccc2)C(=O)N2CCC[C@H]12. The number of benzene rings is 1. The molecule has 0 radical (unpaired) electrons. The average Bonchev–Trinajstić information content (AvgIpc) is 2.92. The van der Waals surface area contributed by atoms with Gasteiger partial charge in [0.15, 0.2) is 0 Å². The lowest BCUT2D eigenvalue weighted by Crippen LogP contribution is -2.61. The van der Waals surface area contributed by atoms with Gasteiger partial charge < -0.3 is 10.2 Å².